The van der Waals surface area contributed by atoms with Gasteiger partial charge in [-0.2, -0.15) is 0 Å². The van der Waals surface area contributed by atoms with Crippen LogP contribution in [-0.2, 0) is 13.6 Å². The third-order valence-corrected chi connectivity index (χ3v) is 4.14. The van der Waals surface area contributed by atoms with E-state index in [4.69, 9.17) is 4.74 Å². The molecule has 2 N–H and O–H groups in total. The van der Waals surface area contributed by atoms with Crippen LogP contribution in [0.5, 0.6) is 5.75 Å². The molecular formula is C15H15BrN4O4. The molecule has 0 radical (unpaired) electrons. The van der Waals surface area contributed by atoms with Crippen molar-refractivity contribution in [3.63, 3.8) is 0 Å². The fourth-order valence-electron chi connectivity index (χ4n) is 2.35. The Morgan fingerprint density at radius 2 is 2.04 bits per heavy atom. The number of fused-ring (bicyclic) bond motifs is 1. The summed E-state index contributed by atoms with van der Waals surface area (Å²) in [6.07, 6.45) is -0.865. The molecule has 0 fully saturated rings. The first-order valence-corrected chi connectivity index (χ1v) is 7.97. The van der Waals surface area contributed by atoms with Crippen molar-refractivity contribution in [2.75, 3.05) is 6.61 Å². The molecule has 0 unspecified atom stereocenters. The largest absolute Gasteiger partial charge is 0.491 e. The quantitative estimate of drug-likeness (QED) is 0.617. The van der Waals surface area contributed by atoms with Gasteiger partial charge in [-0.1, -0.05) is 18.2 Å². The number of aromatic nitrogens is 4. The second-order valence-electron chi connectivity index (χ2n) is 5.26. The number of aromatic amines is 1. The van der Waals surface area contributed by atoms with Gasteiger partial charge in [0.15, 0.2) is 15.9 Å². The number of benzene rings is 1. The van der Waals surface area contributed by atoms with Crippen LogP contribution in [0.25, 0.3) is 11.2 Å². The Kier molecular flexibility index (Phi) is 4.54. The SMILES string of the molecule is Cn1c(=O)[nH]c(=O)c2c1nc(Br)n2C[C@H](O)COc1ccccc1. The Morgan fingerprint density at radius 3 is 2.75 bits per heavy atom. The fourth-order valence-corrected chi connectivity index (χ4v) is 2.84. The third kappa shape index (κ3) is 3.13. The zero-order chi connectivity index (χ0) is 17.3. The van der Waals surface area contributed by atoms with Crippen molar-refractivity contribution >= 4 is 27.1 Å². The van der Waals surface area contributed by atoms with E-state index in [-0.39, 0.29) is 24.3 Å². The maximum absolute atomic E-state index is 12.1. The van der Waals surface area contributed by atoms with Crippen LogP contribution in [0.3, 0.4) is 0 Å². The lowest BCUT2D eigenvalue weighted by Crippen LogP contribution is -2.30. The fraction of sp³-hybridized carbons (Fsp3) is 0.267. The van der Waals surface area contributed by atoms with E-state index in [9.17, 15) is 14.7 Å². The standard InChI is InChI=1S/C15H15BrN4O4/c1-19-12-11(13(22)18-15(19)23)20(14(16)17-12)7-9(21)8-24-10-5-3-2-4-6-10/h2-6,9,21H,7-8H2,1H3,(H,18,22,23)/t9-/m0/s1. The van der Waals surface area contributed by atoms with Gasteiger partial charge in [-0.3, -0.25) is 14.3 Å². The van der Waals surface area contributed by atoms with E-state index >= 15 is 0 Å². The number of nitrogens with one attached hydrogen (secondary N) is 1. The van der Waals surface area contributed by atoms with Gasteiger partial charge >= 0.3 is 5.69 Å². The van der Waals surface area contributed by atoms with Gasteiger partial charge in [-0.25, -0.2) is 9.78 Å². The summed E-state index contributed by atoms with van der Waals surface area (Å²) in [6, 6.07) is 9.11. The van der Waals surface area contributed by atoms with E-state index in [1.54, 1.807) is 12.1 Å². The second-order valence-corrected chi connectivity index (χ2v) is 5.97. The molecule has 0 saturated heterocycles. The number of aryl methyl sites for hydroxylation is 1. The molecule has 3 aromatic rings. The molecule has 1 atom stereocenters. The molecule has 1 aromatic carbocycles. The Morgan fingerprint density at radius 1 is 1.33 bits per heavy atom. The second kappa shape index (κ2) is 6.62. The lowest BCUT2D eigenvalue weighted by Gasteiger charge is -2.14. The molecule has 0 aliphatic heterocycles. The van der Waals surface area contributed by atoms with E-state index in [0.717, 1.165) is 0 Å². The molecular weight excluding hydrogens is 380 g/mol. The summed E-state index contributed by atoms with van der Waals surface area (Å²) in [4.78, 5) is 30.1. The molecule has 9 heteroatoms. The third-order valence-electron chi connectivity index (χ3n) is 3.54. The van der Waals surface area contributed by atoms with Crippen molar-refractivity contribution in [2.24, 2.45) is 7.05 Å². The number of para-hydroxylation sites is 1. The number of hydrogen-bond acceptors (Lipinski definition) is 5. The molecule has 0 spiro atoms. The molecule has 24 heavy (non-hydrogen) atoms. The molecule has 0 amide bonds. The van der Waals surface area contributed by atoms with Crippen LogP contribution in [0.1, 0.15) is 0 Å². The maximum Gasteiger partial charge on any atom is 0.329 e. The summed E-state index contributed by atoms with van der Waals surface area (Å²) in [5.74, 6) is 0.645. The van der Waals surface area contributed by atoms with E-state index in [0.29, 0.717) is 10.5 Å². The number of rotatable bonds is 5. The molecule has 2 aromatic heterocycles. The van der Waals surface area contributed by atoms with E-state index < -0.39 is 17.4 Å². The average molecular weight is 395 g/mol. The number of ether oxygens (including phenoxy) is 1. The average Bonchev–Trinajstić information content (AvgIpc) is 2.89. The molecule has 3 rings (SSSR count). The highest BCUT2D eigenvalue weighted by Crippen LogP contribution is 2.17. The number of aliphatic hydroxyl groups is 1. The Hall–Kier alpha value is -2.39. The van der Waals surface area contributed by atoms with Gasteiger partial charge in [0.25, 0.3) is 5.56 Å². The van der Waals surface area contributed by atoms with Crippen LogP contribution in [0.2, 0.25) is 0 Å². The van der Waals surface area contributed by atoms with Gasteiger partial charge in [-0.15, -0.1) is 0 Å². The van der Waals surface area contributed by atoms with Crippen LogP contribution in [0, 0.1) is 0 Å². The van der Waals surface area contributed by atoms with Gasteiger partial charge in [0.2, 0.25) is 0 Å². The molecule has 126 valence electrons. The number of nitrogens with zero attached hydrogens (tertiary/aromatic N) is 3. The van der Waals surface area contributed by atoms with Crippen molar-refractivity contribution in [2.45, 2.75) is 12.6 Å². The van der Waals surface area contributed by atoms with Crippen LogP contribution in [-0.4, -0.2) is 36.9 Å². The predicted molar refractivity (Wildman–Crippen MR) is 91.2 cm³/mol. The first kappa shape index (κ1) is 16.5. The zero-order valence-electron chi connectivity index (χ0n) is 12.8. The predicted octanol–water partition coefficient (Wildman–Crippen LogP) is 0.626. The van der Waals surface area contributed by atoms with Crippen molar-refractivity contribution in [1.29, 1.82) is 0 Å². The number of aliphatic hydroxyl groups excluding tert-OH is 1. The van der Waals surface area contributed by atoms with Crippen molar-refractivity contribution in [3.8, 4) is 5.75 Å². The first-order valence-electron chi connectivity index (χ1n) is 7.18. The van der Waals surface area contributed by atoms with Crippen LogP contribution >= 0.6 is 15.9 Å². The highest BCUT2D eigenvalue weighted by molar-refractivity contribution is 9.10. The van der Waals surface area contributed by atoms with Gasteiger partial charge in [0.05, 0.1) is 6.54 Å². The highest BCUT2D eigenvalue weighted by atomic mass is 79.9. The van der Waals surface area contributed by atoms with E-state index in [1.165, 1.54) is 16.2 Å². The van der Waals surface area contributed by atoms with Crippen molar-refractivity contribution in [3.05, 3.63) is 55.9 Å². The monoisotopic (exact) mass is 394 g/mol. The smallest absolute Gasteiger partial charge is 0.329 e. The molecule has 8 nitrogen and oxygen atoms in total. The minimum Gasteiger partial charge on any atom is -0.491 e. The Labute approximate surface area is 144 Å². The number of H-pyrrole nitrogens is 1. The minimum absolute atomic E-state index is 0.0554. The number of imidazole rings is 1. The van der Waals surface area contributed by atoms with E-state index in [2.05, 4.69) is 25.9 Å². The zero-order valence-corrected chi connectivity index (χ0v) is 14.4. The van der Waals surface area contributed by atoms with Crippen LogP contribution < -0.4 is 16.0 Å². The van der Waals surface area contributed by atoms with Gasteiger partial charge in [0.1, 0.15) is 18.5 Å². The Bertz CT molecular complexity index is 977. The maximum atomic E-state index is 12.1. The van der Waals surface area contributed by atoms with Crippen molar-refractivity contribution in [1.82, 2.24) is 19.1 Å². The lowest BCUT2D eigenvalue weighted by molar-refractivity contribution is 0.0928. The molecule has 0 aliphatic carbocycles. The summed E-state index contributed by atoms with van der Waals surface area (Å²) in [7, 11) is 1.51. The number of hydrogen-bond donors (Lipinski definition) is 2. The van der Waals surface area contributed by atoms with Crippen LogP contribution in [0.4, 0.5) is 0 Å². The van der Waals surface area contributed by atoms with Gasteiger partial charge in [-0.05, 0) is 28.1 Å². The molecule has 2 heterocycles. The summed E-state index contributed by atoms with van der Waals surface area (Å²) < 4.78 is 8.60. The number of halogens is 1. The topological polar surface area (TPSA) is 102 Å². The lowest BCUT2D eigenvalue weighted by atomic mass is 10.3. The molecule has 0 aliphatic rings. The van der Waals surface area contributed by atoms with E-state index in [1.807, 2.05) is 18.2 Å². The summed E-state index contributed by atoms with van der Waals surface area (Å²) in [5, 5.41) is 10.2. The van der Waals surface area contributed by atoms with Crippen LogP contribution in [0.15, 0.2) is 44.7 Å². The highest BCUT2D eigenvalue weighted by Gasteiger charge is 2.18. The summed E-state index contributed by atoms with van der Waals surface area (Å²) in [5.41, 5.74) is -0.644. The Balaban J connectivity index is 1.85. The molecule has 0 saturated carbocycles. The minimum atomic E-state index is -0.865. The van der Waals surface area contributed by atoms with Gasteiger partial charge < -0.3 is 14.4 Å². The summed E-state index contributed by atoms with van der Waals surface area (Å²) in [6.45, 7) is 0.144. The van der Waals surface area contributed by atoms with Crippen molar-refractivity contribution < 1.29 is 9.84 Å². The van der Waals surface area contributed by atoms with Gasteiger partial charge in [0, 0.05) is 7.05 Å². The normalized spacial score (nSPS) is 12.5. The molecule has 0 bridgehead atoms. The summed E-state index contributed by atoms with van der Waals surface area (Å²) >= 11 is 3.26. The first-order chi connectivity index (χ1) is 11.5.